The molecule has 0 bridgehead atoms. The van der Waals surface area contributed by atoms with Gasteiger partial charge >= 0.3 is 0 Å². The summed E-state index contributed by atoms with van der Waals surface area (Å²) in [7, 11) is -2.32. The van der Waals surface area contributed by atoms with Crippen LogP contribution in [0.3, 0.4) is 0 Å². The highest BCUT2D eigenvalue weighted by Crippen LogP contribution is 2.29. The number of benzene rings is 2. The first kappa shape index (κ1) is 29.1. The molecule has 0 spiro atoms. The number of carbonyl (C=O) groups excluding carboxylic acids is 2. The van der Waals surface area contributed by atoms with Crippen molar-refractivity contribution in [1.29, 1.82) is 0 Å². The standard InChI is InChI=1S/C26H33Cl2N3O5S/c1-4-24(26(33)29-19-9-5-6-10-19)30(16-18-8-7-11-21(14-18)36-2)25(32)17-31(37(3,34)35)20-12-13-22(27)23(28)15-20/h7-8,11-15,19,24H,4-6,9-10,16-17H2,1-3H3,(H,29,33)/t24-/m0/s1. The summed E-state index contributed by atoms with van der Waals surface area (Å²) >= 11 is 12.1. The van der Waals surface area contributed by atoms with E-state index in [-0.39, 0.29) is 34.2 Å². The van der Waals surface area contributed by atoms with Crippen molar-refractivity contribution in [2.24, 2.45) is 0 Å². The normalized spacial score (nSPS) is 14.7. The summed E-state index contributed by atoms with van der Waals surface area (Å²) in [5.74, 6) is -0.152. The Balaban J connectivity index is 1.94. The van der Waals surface area contributed by atoms with Crippen molar-refractivity contribution in [2.75, 3.05) is 24.2 Å². The van der Waals surface area contributed by atoms with Crippen molar-refractivity contribution in [3.63, 3.8) is 0 Å². The van der Waals surface area contributed by atoms with E-state index < -0.39 is 28.5 Å². The molecule has 1 N–H and O–H groups in total. The van der Waals surface area contributed by atoms with Crippen molar-refractivity contribution in [2.45, 2.75) is 57.7 Å². The van der Waals surface area contributed by atoms with E-state index in [4.69, 9.17) is 27.9 Å². The van der Waals surface area contributed by atoms with Crippen LogP contribution < -0.4 is 14.4 Å². The Morgan fingerprint density at radius 3 is 2.41 bits per heavy atom. The van der Waals surface area contributed by atoms with Gasteiger partial charge in [0.25, 0.3) is 0 Å². The van der Waals surface area contributed by atoms with Crippen molar-refractivity contribution >= 4 is 50.7 Å². The summed E-state index contributed by atoms with van der Waals surface area (Å²) in [6.45, 7) is 1.43. The maximum absolute atomic E-state index is 13.8. The van der Waals surface area contributed by atoms with Crippen molar-refractivity contribution in [3.05, 3.63) is 58.1 Å². The number of methoxy groups -OCH3 is 1. The topological polar surface area (TPSA) is 96.0 Å². The van der Waals surface area contributed by atoms with Gasteiger partial charge < -0.3 is 15.0 Å². The predicted molar refractivity (Wildman–Crippen MR) is 147 cm³/mol. The molecule has 2 aromatic rings. The van der Waals surface area contributed by atoms with Crippen molar-refractivity contribution in [1.82, 2.24) is 10.2 Å². The van der Waals surface area contributed by atoms with E-state index in [1.165, 1.54) is 23.1 Å². The smallest absolute Gasteiger partial charge is 0.244 e. The van der Waals surface area contributed by atoms with E-state index in [0.717, 1.165) is 41.8 Å². The van der Waals surface area contributed by atoms with E-state index in [2.05, 4.69) is 5.32 Å². The summed E-state index contributed by atoms with van der Waals surface area (Å²) < 4.78 is 31.7. The highest BCUT2D eigenvalue weighted by molar-refractivity contribution is 7.92. The Morgan fingerprint density at radius 1 is 1.11 bits per heavy atom. The largest absolute Gasteiger partial charge is 0.497 e. The number of rotatable bonds is 11. The molecule has 1 fully saturated rings. The number of amides is 2. The van der Waals surface area contributed by atoms with Crippen molar-refractivity contribution in [3.8, 4) is 5.75 Å². The van der Waals surface area contributed by atoms with Gasteiger partial charge in [-0.2, -0.15) is 0 Å². The van der Waals surface area contributed by atoms with E-state index in [1.54, 1.807) is 25.3 Å². The third-order valence-corrected chi connectivity index (χ3v) is 8.32. The number of anilines is 1. The lowest BCUT2D eigenvalue weighted by molar-refractivity contribution is -0.140. The summed E-state index contributed by atoms with van der Waals surface area (Å²) in [6.07, 6.45) is 5.30. The average Bonchev–Trinajstić information content (AvgIpc) is 3.36. The molecule has 202 valence electrons. The van der Waals surface area contributed by atoms with Gasteiger partial charge in [0.15, 0.2) is 0 Å². The SMILES string of the molecule is CC[C@@H](C(=O)NC1CCCC1)N(Cc1cccc(OC)c1)C(=O)CN(c1ccc(Cl)c(Cl)c1)S(C)(=O)=O. The van der Waals surface area contributed by atoms with Crippen LogP contribution in [0.15, 0.2) is 42.5 Å². The molecule has 1 aliphatic carbocycles. The van der Waals surface area contributed by atoms with Gasteiger partial charge in [-0.1, -0.05) is 55.1 Å². The fourth-order valence-corrected chi connectivity index (χ4v) is 5.64. The molecule has 0 aliphatic heterocycles. The van der Waals surface area contributed by atoms with Gasteiger partial charge in [-0.3, -0.25) is 13.9 Å². The highest BCUT2D eigenvalue weighted by atomic mass is 35.5. The van der Waals surface area contributed by atoms with Gasteiger partial charge in [0.05, 0.1) is 29.1 Å². The van der Waals surface area contributed by atoms with Gasteiger partial charge in [-0.15, -0.1) is 0 Å². The number of hydrogen-bond donors (Lipinski definition) is 1. The molecule has 8 nitrogen and oxygen atoms in total. The maximum atomic E-state index is 13.8. The number of halogens is 2. The predicted octanol–water partition coefficient (Wildman–Crippen LogP) is 4.63. The molecule has 1 saturated carbocycles. The molecule has 0 heterocycles. The van der Waals surface area contributed by atoms with E-state index in [1.807, 2.05) is 13.0 Å². The molecule has 37 heavy (non-hydrogen) atoms. The second kappa shape index (κ2) is 12.8. The molecule has 0 aromatic heterocycles. The molecule has 2 aromatic carbocycles. The number of nitrogens with zero attached hydrogens (tertiary/aromatic N) is 2. The van der Waals surface area contributed by atoms with E-state index >= 15 is 0 Å². The third kappa shape index (κ3) is 7.75. The first-order chi connectivity index (χ1) is 17.5. The summed E-state index contributed by atoms with van der Waals surface area (Å²) in [4.78, 5) is 28.5. The van der Waals surface area contributed by atoms with Crippen LogP contribution in [0.5, 0.6) is 5.75 Å². The molecule has 0 radical (unpaired) electrons. The second-order valence-corrected chi connectivity index (χ2v) is 11.9. The van der Waals surface area contributed by atoms with E-state index in [9.17, 15) is 18.0 Å². The number of nitrogens with one attached hydrogen (secondary N) is 1. The fraction of sp³-hybridized carbons (Fsp3) is 0.462. The molecule has 3 rings (SSSR count). The lowest BCUT2D eigenvalue weighted by Gasteiger charge is -2.33. The number of sulfonamides is 1. The summed E-state index contributed by atoms with van der Waals surface area (Å²) in [5, 5.41) is 3.51. The third-order valence-electron chi connectivity index (χ3n) is 6.44. The Kier molecular flexibility index (Phi) is 10.1. The molecule has 2 amide bonds. The molecule has 0 unspecified atom stereocenters. The molecule has 1 aliphatic rings. The zero-order valence-corrected chi connectivity index (χ0v) is 23.6. The van der Waals surface area contributed by atoms with Crippen LogP contribution in [0.2, 0.25) is 10.0 Å². The van der Waals surface area contributed by atoms with Gasteiger partial charge in [0.1, 0.15) is 18.3 Å². The van der Waals surface area contributed by atoms with Crippen LogP contribution in [-0.4, -0.2) is 57.1 Å². The first-order valence-corrected chi connectivity index (χ1v) is 14.8. The minimum atomic E-state index is -3.87. The van der Waals surface area contributed by atoms with Gasteiger partial charge in [-0.05, 0) is 55.2 Å². The van der Waals surface area contributed by atoms with Crippen LogP contribution in [0, 0.1) is 0 Å². The molecular weight excluding hydrogens is 537 g/mol. The Hall–Kier alpha value is -2.49. The molecule has 11 heteroatoms. The minimum absolute atomic E-state index is 0.0825. The first-order valence-electron chi connectivity index (χ1n) is 12.2. The zero-order valence-electron chi connectivity index (χ0n) is 21.2. The van der Waals surface area contributed by atoms with Crippen LogP contribution in [0.4, 0.5) is 5.69 Å². The van der Waals surface area contributed by atoms with Gasteiger partial charge in [0, 0.05) is 12.6 Å². The summed E-state index contributed by atoms with van der Waals surface area (Å²) in [5.41, 5.74) is 0.954. The Bertz CT molecular complexity index is 1220. The van der Waals surface area contributed by atoms with Crippen LogP contribution in [0.25, 0.3) is 0 Å². The Labute approximate surface area is 228 Å². The number of hydrogen-bond acceptors (Lipinski definition) is 5. The molecular formula is C26H33Cl2N3O5S. The quantitative estimate of drug-likeness (QED) is 0.425. The second-order valence-electron chi connectivity index (χ2n) is 9.16. The average molecular weight is 571 g/mol. The van der Waals surface area contributed by atoms with Gasteiger partial charge in [-0.25, -0.2) is 8.42 Å². The highest BCUT2D eigenvalue weighted by Gasteiger charge is 2.33. The molecule has 1 atom stereocenters. The van der Waals surface area contributed by atoms with Crippen LogP contribution in [0.1, 0.15) is 44.6 Å². The van der Waals surface area contributed by atoms with E-state index in [0.29, 0.717) is 12.2 Å². The number of ether oxygens (including phenoxy) is 1. The van der Waals surface area contributed by atoms with Crippen LogP contribution >= 0.6 is 23.2 Å². The zero-order chi connectivity index (χ0) is 27.2. The minimum Gasteiger partial charge on any atom is -0.497 e. The maximum Gasteiger partial charge on any atom is 0.244 e. The number of carbonyl (C=O) groups is 2. The van der Waals surface area contributed by atoms with Crippen LogP contribution in [-0.2, 0) is 26.2 Å². The molecule has 0 saturated heterocycles. The van der Waals surface area contributed by atoms with Gasteiger partial charge in [0.2, 0.25) is 21.8 Å². The Morgan fingerprint density at radius 2 is 1.81 bits per heavy atom. The van der Waals surface area contributed by atoms with Crippen molar-refractivity contribution < 1.29 is 22.7 Å². The summed E-state index contributed by atoms with van der Waals surface area (Å²) in [6, 6.07) is 10.9. The fourth-order valence-electron chi connectivity index (χ4n) is 4.51. The lowest BCUT2D eigenvalue weighted by Crippen LogP contribution is -2.53. The lowest BCUT2D eigenvalue weighted by atomic mass is 10.1. The monoisotopic (exact) mass is 569 g/mol.